The summed E-state index contributed by atoms with van der Waals surface area (Å²) in [6.45, 7) is 6.34. The molecule has 1 spiro atoms. The Hall–Kier alpha value is -0.860. The predicted octanol–water partition coefficient (Wildman–Crippen LogP) is 3.60. The van der Waals surface area contributed by atoms with Gasteiger partial charge in [0.2, 0.25) is 0 Å². The monoisotopic (exact) mass is 259 g/mol. The van der Waals surface area contributed by atoms with Crippen LogP contribution < -0.4 is 5.32 Å². The van der Waals surface area contributed by atoms with Crippen molar-refractivity contribution in [3.8, 4) is 0 Å². The minimum atomic E-state index is 0.225. The molecule has 104 valence electrons. The van der Waals surface area contributed by atoms with Crippen molar-refractivity contribution in [1.82, 2.24) is 5.32 Å². The summed E-state index contributed by atoms with van der Waals surface area (Å²) in [4.78, 5) is 0. The maximum absolute atomic E-state index is 6.20. The third kappa shape index (κ3) is 2.85. The lowest BCUT2D eigenvalue weighted by Crippen LogP contribution is -2.56. The third-order valence-corrected chi connectivity index (χ3v) is 4.73. The number of hydrogen-bond donors (Lipinski definition) is 1. The predicted molar refractivity (Wildman–Crippen MR) is 78.2 cm³/mol. The molecular weight excluding hydrogens is 234 g/mol. The van der Waals surface area contributed by atoms with E-state index in [2.05, 4.69) is 43.4 Å². The summed E-state index contributed by atoms with van der Waals surface area (Å²) < 4.78 is 6.20. The molecule has 1 aromatic rings. The van der Waals surface area contributed by atoms with Crippen molar-refractivity contribution in [2.75, 3.05) is 13.2 Å². The Morgan fingerprint density at radius 1 is 1.37 bits per heavy atom. The first-order valence-electron chi connectivity index (χ1n) is 7.60. The van der Waals surface area contributed by atoms with Crippen LogP contribution in [-0.4, -0.2) is 18.7 Å². The molecule has 19 heavy (non-hydrogen) atoms. The summed E-state index contributed by atoms with van der Waals surface area (Å²) in [7, 11) is 0. The van der Waals surface area contributed by atoms with Gasteiger partial charge >= 0.3 is 0 Å². The molecule has 0 aromatic heterocycles. The van der Waals surface area contributed by atoms with Crippen LogP contribution >= 0.6 is 0 Å². The molecule has 1 aliphatic heterocycles. The summed E-state index contributed by atoms with van der Waals surface area (Å²) >= 11 is 0. The topological polar surface area (TPSA) is 21.3 Å². The van der Waals surface area contributed by atoms with Gasteiger partial charge in [0.1, 0.15) is 0 Å². The summed E-state index contributed by atoms with van der Waals surface area (Å²) in [5.41, 5.74) is 2.89. The number of aryl methyl sites for hydroxylation is 1. The van der Waals surface area contributed by atoms with Crippen molar-refractivity contribution in [1.29, 1.82) is 0 Å². The number of rotatable bonds is 1. The highest BCUT2D eigenvalue weighted by Crippen LogP contribution is 2.36. The second-order valence-electron chi connectivity index (χ2n) is 6.58. The van der Waals surface area contributed by atoms with E-state index in [1.165, 1.54) is 36.8 Å². The van der Waals surface area contributed by atoms with Gasteiger partial charge in [-0.2, -0.15) is 0 Å². The molecule has 1 heterocycles. The first-order valence-corrected chi connectivity index (χ1v) is 7.60. The normalized spacial score (nSPS) is 35.5. The molecule has 2 fully saturated rings. The van der Waals surface area contributed by atoms with Crippen LogP contribution in [0.1, 0.15) is 49.8 Å². The average Bonchev–Trinajstić information content (AvgIpc) is 2.39. The molecule has 2 nitrogen and oxygen atoms in total. The van der Waals surface area contributed by atoms with Gasteiger partial charge in [-0.1, -0.05) is 49.6 Å². The molecular formula is C17H25NO. The highest BCUT2D eigenvalue weighted by atomic mass is 16.5. The number of benzene rings is 1. The molecule has 1 aromatic carbocycles. The maximum Gasteiger partial charge on any atom is 0.0950 e. The van der Waals surface area contributed by atoms with E-state index in [0.717, 1.165) is 19.1 Å². The minimum absolute atomic E-state index is 0.225. The highest BCUT2D eigenvalue weighted by molar-refractivity contribution is 5.25. The van der Waals surface area contributed by atoms with Gasteiger partial charge in [-0.25, -0.2) is 0 Å². The molecule has 3 unspecified atom stereocenters. The van der Waals surface area contributed by atoms with Crippen molar-refractivity contribution in [2.24, 2.45) is 5.92 Å². The van der Waals surface area contributed by atoms with Crippen LogP contribution in [0.2, 0.25) is 0 Å². The molecule has 2 heteroatoms. The number of hydrogen-bond acceptors (Lipinski definition) is 2. The lowest BCUT2D eigenvalue weighted by Gasteiger charge is -2.45. The average molecular weight is 259 g/mol. The quantitative estimate of drug-likeness (QED) is 0.832. The van der Waals surface area contributed by atoms with Gasteiger partial charge in [0.05, 0.1) is 12.7 Å². The van der Waals surface area contributed by atoms with Gasteiger partial charge in [-0.3, -0.25) is 0 Å². The van der Waals surface area contributed by atoms with Gasteiger partial charge in [-0.05, 0) is 31.2 Å². The van der Waals surface area contributed by atoms with E-state index in [4.69, 9.17) is 4.74 Å². The van der Waals surface area contributed by atoms with E-state index in [0.29, 0.717) is 0 Å². The number of morpholine rings is 1. The second kappa shape index (κ2) is 5.26. The molecule has 0 bridgehead atoms. The van der Waals surface area contributed by atoms with Crippen LogP contribution in [0.3, 0.4) is 0 Å². The molecule has 3 rings (SSSR count). The zero-order valence-corrected chi connectivity index (χ0v) is 12.1. The fraction of sp³-hybridized carbons (Fsp3) is 0.647. The SMILES string of the molecule is Cc1cccc(C2CNC3(CCCC(C)C3)CO2)c1. The first-order chi connectivity index (χ1) is 9.17. The molecule has 1 N–H and O–H groups in total. The van der Waals surface area contributed by atoms with Crippen molar-refractivity contribution in [3.63, 3.8) is 0 Å². The van der Waals surface area contributed by atoms with Crippen LogP contribution in [0.4, 0.5) is 0 Å². The summed E-state index contributed by atoms with van der Waals surface area (Å²) in [5, 5.41) is 3.81. The van der Waals surface area contributed by atoms with Gasteiger partial charge in [0.15, 0.2) is 0 Å². The van der Waals surface area contributed by atoms with Crippen molar-refractivity contribution < 1.29 is 4.74 Å². The second-order valence-corrected chi connectivity index (χ2v) is 6.58. The first kappa shape index (κ1) is 13.1. The Balaban J connectivity index is 1.66. The van der Waals surface area contributed by atoms with Crippen molar-refractivity contribution in [2.45, 2.75) is 51.2 Å². The lowest BCUT2D eigenvalue weighted by atomic mass is 9.76. The van der Waals surface area contributed by atoms with Crippen LogP contribution in [0, 0.1) is 12.8 Å². The van der Waals surface area contributed by atoms with Crippen molar-refractivity contribution in [3.05, 3.63) is 35.4 Å². The molecule has 1 aliphatic carbocycles. The van der Waals surface area contributed by atoms with Crippen LogP contribution in [0.15, 0.2) is 24.3 Å². The maximum atomic E-state index is 6.20. The largest absolute Gasteiger partial charge is 0.370 e. The Labute approximate surface area is 116 Å². The minimum Gasteiger partial charge on any atom is -0.370 e. The van der Waals surface area contributed by atoms with Crippen LogP contribution in [-0.2, 0) is 4.74 Å². The zero-order valence-electron chi connectivity index (χ0n) is 12.1. The van der Waals surface area contributed by atoms with Crippen molar-refractivity contribution >= 4 is 0 Å². The highest BCUT2D eigenvalue weighted by Gasteiger charge is 2.39. The number of ether oxygens (including phenoxy) is 1. The van der Waals surface area contributed by atoms with E-state index in [1.54, 1.807) is 0 Å². The summed E-state index contributed by atoms with van der Waals surface area (Å²) in [6.07, 6.45) is 5.49. The molecule has 2 aliphatic rings. The number of nitrogens with one attached hydrogen (secondary N) is 1. The van der Waals surface area contributed by atoms with E-state index in [1.807, 2.05) is 0 Å². The molecule has 1 saturated heterocycles. The summed E-state index contributed by atoms with van der Waals surface area (Å²) in [5.74, 6) is 0.834. The smallest absolute Gasteiger partial charge is 0.0950 e. The van der Waals surface area contributed by atoms with Gasteiger partial charge < -0.3 is 10.1 Å². The third-order valence-electron chi connectivity index (χ3n) is 4.73. The Morgan fingerprint density at radius 3 is 2.95 bits per heavy atom. The standard InChI is InChI=1S/C17H25NO/c1-13-5-3-7-15(9-13)16-11-18-17(12-19-16)8-4-6-14(2)10-17/h3,5,7,9,14,16,18H,4,6,8,10-12H2,1-2H3. The van der Waals surface area contributed by atoms with E-state index >= 15 is 0 Å². The van der Waals surface area contributed by atoms with Gasteiger partial charge in [0, 0.05) is 12.1 Å². The molecule has 3 atom stereocenters. The molecule has 0 amide bonds. The fourth-order valence-electron chi connectivity index (χ4n) is 3.72. The summed E-state index contributed by atoms with van der Waals surface area (Å²) in [6, 6.07) is 8.69. The van der Waals surface area contributed by atoms with E-state index < -0.39 is 0 Å². The molecule has 1 saturated carbocycles. The van der Waals surface area contributed by atoms with Gasteiger partial charge in [-0.15, -0.1) is 0 Å². The molecule has 0 radical (unpaired) electrons. The Bertz CT molecular complexity index is 435. The van der Waals surface area contributed by atoms with Gasteiger partial charge in [0.25, 0.3) is 0 Å². The Morgan fingerprint density at radius 2 is 2.26 bits per heavy atom. The van der Waals surface area contributed by atoms with E-state index in [-0.39, 0.29) is 11.6 Å². The fourth-order valence-corrected chi connectivity index (χ4v) is 3.72. The lowest BCUT2D eigenvalue weighted by molar-refractivity contribution is -0.0527. The van der Waals surface area contributed by atoms with Crippen LogP contribution in [0.25, 0.3) is 0 Å². The Kier molecular flexibility index (Phi) is 3.64. The van der Waals surface area contributed by atoms with E-state index in [9.17, 15) is 0 Å². The van der Waals surface area contributed by atoms with Crippen LogP contribution in [0.5, 0.6) is 0 Å². The zero-order chi connectivity index (χ0) is 13.3.